The van der Waals surface area contributed by atoms with Gasteiger partial charge in [-0.05, 0) is 23.3 Å². The van der Waals surface area contributed by atoms with Crippen LogP contribution in [0.4, 0.5) is 0 Å². The normalized spacial score (nSPS) is 11.3. The van der Waals surface area contributed by atoms with Crippen LogP contribution in [0.5, 0.6) is 11.5 Å². The SMILES string of the molecule is [Cl-].[NH3+]C(Cc1ccc(O)c(O)c1)C(=O)OCc1ccccc1. The number of hydrogen-bond acceptors (Lipinski definition) is 4. The summed E-state index contributed by atoms with van der Waals surface area (Å²) in [6.07, 6.45) is 0.335. The first-order valence-corrected chi connectivity index (χ1v) is 6.61. The lowest BCUT2D eigenvalue weighted by atomic mass is 10.1. The molecule has 118 valence electrons. The van der Waals surface area contributed by atoms with Gasteiger partial charge in [0.1, 0.15) is 6.61 Å². The molecular formula is C16H18ClNO4. The summed E-state index contributed by atoms with van der Waals surface area (Å²) in [5.74, 6) is -0.796. The highest BCUT2D eigenvalue weighted by molar-refractivity contribution is 5.74. The average molecular weight is 324 g/mol. The molecule has 0 spiro atoms. The second-order valence-corrected chi connectivity index (χ2v) is 4.82. The van der Waals surface area contributed by atoms with Crippen LogP contribution in [0.2, 0.25) is 0 Å². The predicted molar refractivity (Wildman–Crippen MR) is 76.4 cm³/mol. The van der Waals surface area contributed by atoms with Crippen LogP contribution < -0.4 is 18.1 Å². The lowest BCUT2D eigenvalue weighted by Crippen LogP contribution is -3.00. The molecule has 1 atom stereocenters. The number of aromatic hydroxyl groups is 2. The maximum absolute atomic E-state index is 11.9. The number of esters is 1. The van der Waals surface area contributed by atoms with E-state index in [4.69, 9.17) is 4.74 Å². The number of ether oxygens (including phenoxy) is 1. The summed E-state index contributed by atoms with van der Waals surface area (Å²) in [6.45, 7) is 0.215. The molecule has 0 aliphatic rings. The fraction of sp³-hybridized carbons (Fsp3) is 0.188. The molecule has 5 N–H and O–H groups in total. The highest BCUT2D eigenvalue weighted by Gasteiger charge is 2.20. The largest absolute Gasteiger partial charge is 1.00 e. The number of hydrogen-bond donors (Lipinski definition) is 3. The van der Waals surface area contributed by atoms with Gasteiger partial charge in [-0.1, -0.05) is 36.4 Å². The fourth-order valence-electron chi connectivity index (χ4n) is 1.91. The molecule has 0 saturated heterocycles. The Morgan fingerprint density at radius 3 is 2.36 bits per heavy atom. The van der Waals surface area contributed by atoms with Gasteiger partial charge < -0.3 is 33.1 Å². The van der Waals surface area contributed by atoms with Crippen molar-refractivity contribution < 1.29 is 37.9 Å². The molecule has 0 radical (unpaired) electrons. The number of rotatable bonds is 5. The van der Waals surface area contributed by atoms with E-state index in [1.807, 2.05) is 30.3 Å². The Labute approximate surface area is 134 Å². The predicted octanol–water partition coefficient (Wildman–Crippen LogP) is -2.00. The van der Waals surface area contributed by atoms with Crippen molar-refractivity contribution >= 4 is 5.97 Å². The zero-order chi connectivity index (χ0) is 15.2. The van der Waals surface area contributed by atoms with Crippen molar-refractivity contribution in [3.8, 4) is 11.5 Å². The molecule has 6 heteroatoms. The fourth-order valence-corrected chi connectivity index (χ4v) is 1.91. The van der Waals surface area contributed by atoms with Gasteiger partial charge in [-0.3, -0.25) is 0 Å². The minimum absolute atomic E-state index is 0. The monoisotopic (exact) mass is 323 g/mol. The quantitative estimate of drug-likeness (QED) is 0.438. The molecule has 5 nitrogen and oxygen atoms in total. The zero-order valence-corrected chi connectivity index (χ0v) is 12.7. The number of halogens is 1. The van der Waals surface area contributed by atoms with Crippen molar-refractivity contribution in [1.29, 1.82) is 0 Å². The van der Waals surface area contributed by atoms with Gasteiger partial charge in [-0.2, -0.15) is 0 Å². The molecule has 0 amide bonds. The van der Waals surface area contributed by atoms with E-state index in [9.17, 15) is 15.0 Å². The van der Waals surface area contributed by atoms with Gasteiger partial charge >= 0.3 is 5.97 Å². The Morgan fingerprint density at radius 1 is 1.05 bits per heavy atom. The third-order valence-electron chi connectivity index (χ3n) is 3.08. The molecule has 0 aliphatic carbocycles. The third kappa shape index (κ3) is 4.95. The molecule has 0 bridgehead atoms. The molecular weight excluding hydrogens is 306 g/mol. The van der Waals surface area contributed by atoms with Crippen LogP contribution in [-0.4, -0.2) is 22.2 Å². The standard InChI is InChI=1S/C16H17NO4.ClH/c17-13(8-12-6-7-14(18)15(19)9-12)16(20)21-10-11-4-2-1-3-5-11;/h1-7,9,13,18-19H,8,10,17H2;1H. The van der Waals surface area contributed by atoms with E-state index in [0.717, 1.165) is 5.56 Å². The summed E-state index contributed by atoms with van der Waals surface area (Å²) in [5.41, 5.74) is 5.41. The molecule has 0 aliphatic heterocycles. The van der Waals surface area contributed by atoms with Crippen LogP contribution in [0, 0.1) is 0 Å². The highest BCUT2D eigenvalue weighted by atomic mass is 35.5. The first kappa shape index (κ1) is 17.8. The molecule has 0 saturated carbocycles. The van der Waals surface area contributed by atoms with E-state index in [1.54, 1.807) is 6.07 Å². The summed E-state index contributed by atoms with van der Waals surface area (Å²) in [6, 6.07) is 13.3. The Balaban J connectivity index is 0.00000242. The highest BCUT2D eigenvalue weighted by Crippen LogP contribution is 2.25. The molecule has 22 heavy (non-hydrogen) atoms. The lowest BCUT2D eigenvalue weighted by molar-refractivity contribution is -0.408. The maximum Gasteiger partial charge on any atom is 0.365 e. The van der Waals surface area contributed by atoms with Crippen LogP contribution in [0.25, 0.3) is 0 Å². The topological polar surface area (TPSA) is 94.4 Å². The summed E-state index contributed by atoms with van der Waals surface area (Å²) in [7, 11) is 0. The van der Waals surface area contributed by atoms with Crippen molar-refractivity contribution in [3.63, 3.8) is 0 Å². The number of phenols is 2. The van der Waals surface area contributed by atoms with E-state index in [1.165, 1.54) is 12.1 Å². The summed E-state index contributed by atoms with van der Waals surface area (Å²) >= 11 is 0. The molecule has 1 unspecified atom stereocenters. The summed E-state index contributed by atoms with van der Waals surface area (Å²) in [5, 5.41) is 18.7. The maximum atomic E-state index is 11.9. The first-order valence-electron chi connectivity index (χ1n) is 6.61. The number of carbonyl (C=O) groups excluding carboxylic acids is 1. The molecule has 0 heterocycles. The van der Waals surface area contributed by atoms with Gasteiger partial charge in [0.2, 0.25) is 0 Å². The van der Waals surface area contributed by atoms with Crippen LogP contribution in [0.15, 0.2) is 48.5 Å². The Kier molecular flexibility index (Phi) is 6.69. The van der Waals surface area contributed by atoms with Gasteiger partial charge in [-0.25, -0.2) is 4.79 Å². The Morgan fingerprint density at radius 2 is 1.73 bits per heavy atom. The van der Waals surface area contributed by atoms with E-state index >= 15 is 0 Å². The molecule has 2 rings (SSSR count). The molecule has 2 aromatic carbocycles. The van der Waals surface area contributed by atoms with Gasteiger partial charge in [0.15, 0.2) is 17.5 Å². The minimum atomic E-state index is -0.572. The van der Waals surface area contributed by atoms with Crippen molar-refractivity contribution in [2.45, 2.75) is 19.1 Å². The smallest absolute Gasteiger partial charge is 0.365 e. The molecule has 0 fully saturated rings. The van der Waals surface area contributed by atoms with Crippen LogP contribution in [-0.2, 0) is 22.6 Å². The lowest BCUT2D eigenvalue weighted by Gasteiger charge is -2.10. The third-order valence-corrected chi connectivity index (χ3v) is 3.08. The van der Waals surface area contributed by atoms with Crippen molar-refractivity contribution in [3.05, 3.63) is 59.7 Å². The van der Waals surface area contributed by atoms with E-state index in [2.05, 4.69) is 5.73 Å². The Bertz CT molecular complexity index is 619. The van der Waals surface area contributed by atoms with Crippen LogP contribution in [0.3, 0.4) is 0 Å². The molecule has 2 aromatic rings. The second kappa shape index (κ2) is 8.26. The summed E-state index contributed by atoms with van der Waals surface area (Å²) < 4.78 is 5.20. The Hall–Kier alpha value is -2.24. The number of phenolic OH excluding ortho intramolecular Hbond substituents is 2. The van der Waals surface area contributed by atoms with Gasteiger partial charge in [0.05, 0.1) is 0 Å². The van der Waals surface area contributed by atoms with Crippen LogP contribution >= 0.6 is 0 Å². The number of carbonyl (C=O) groups is 1. The van der Waals surface area contributed by atoms with Crippen molar-refractivity contribution in [2.75, 3.05) is 0 Å². The number of quaternary nitrogens is 1. The van der Waals surface area contributed by atoms with Gasteiger partial charge in [0.25, 0.3) is 0 Å². The van der Waals surface area contributed by atoms with Gasteiger partial charge in [0, 0.05) is 6.42 Å². The average Bonchev–Trinajstić information content (AvgIpc) is 2.49. The van der Waals surface area contributed by atoms with E-state index in [0.29, 0.717) is 12.0 Å². The second-order valence-electron chi connectivity index (χ2n) is 4.82. The van der Waals surface area contributed by atoms with Crippen LogP contribution in [0.1, 0.15) is 11.1 Å². The summed E-state index contributed by atoms with van der Waals surface area (Å²) in [4.78, 5) is 11.9. The van der Waals surface area contributed by atoms with E-state index in [-0.39, 0.29) is 30.5 Å². The van der Waals surface area contributed by atoms with Crippen molar-refractivity contribution in [2.24, 2.45) is 0 Å². The molecule has 0 aromatic heterocycles. The zero-order valence-electron chi connectivity index (χ0n) is 11.9. The first-order chi connectivity index (χ1) is 10.1. The van der Waals surface area contributed by atoms with Crippen molar-refractivity contribution in [1.82, 2.24) is 0 Å². The van der Waals surface area contributed by atoms with Gasteiger partial charge in [-0.15, -0.1) is 0 Å². The van der Waals surface area contributed by atoms with E-state index < -0.39 is 12.0 Å². The number of benzene rings is 2. The minimum Gasteiger partial charge on any atom is -1.00 e.